The molecule has 0 aliphatic rings. The molecular weight excluding hydrogens is 250 g/mol. The lowest BCUT2D eigenvalue weighted by Crippen LogP contribution is -2.39. The molecule has 1 unspecified atom stereocenters. The predicted octanol–water partition coefficient (Wildman–Crippen LogP) is 3.43. The van der Waals surface area contributed by atoms with Crippen molar-refractivity contribution in [1.82, 2.24) is 5.32 Å². The molecule has 1 atom stereocenters. The van der Waals surface area contributed by atoms with E-state index in [0.29, 0.717) is 11.6 Å². The summed E-state index contributed by atoms with van der Waals surface area (Å²) in [4.78, 5) is 12.0. The van der Waals surface area contributed by atoms with Crippen LogP contribution in [0.2, 0.25) is 0 Å². The Kier molecular flexibility index (Phi) is 3.92. The number of furan rings is 1. The maximum absolute atomic E-state index is 12.0. The summed E-state index contributed by atoms with van der Waals surface area (Å²) < 4.78 is 5.50. The maximum atomic E-state index is 12.0. The van der Waals surface area contributed by atoms with Gasteiger partial charge in [-0.1, -0.05) is 32.0 Å². The number of rotatable bonds is 4. The van der Waals surface area contributed by atoms with E-state index in [2.05, 4.69) is 5.32 Å². The zero-order chi connectivity index (χ0) is 13.1. The summed E-state index contributed by atoms with van der Waals surface area (Å²) in [6, 6.07) is 9.24. The number of alkyl halides is 1. The van der Waals surface area contributed by atoms with Gasteiger partial charge < -0.3 is 9.73 Å². The van der Waals surface area contributed by atoms with Gasteiger partial charge in [0.15, 0.2) is 5.76 Å². The predicted molar refractivity (Wildman–Crippen MR) is 73.0 cm³/mol. The maximum Gasteiger partial charge on any atom is 0.287 e. The van der Waals surface area contributed by atoms with Crippen LogP contribution in [0, 0.1) is 5.92 Å². The quantitative estimate of drug-likeness (QED) is 0.861. The van der Waals surface area contributed by atoms with Crippen LogP contribution in [0.1, 0.15) is 24.4 Å². The van der Waals surface area contributed by atoms with Gasteiger partial charge in [0.2, 0.25) is 0 Å². The first-order chi connectivity index (χ1) is 8.61. The molecule has 1 N–H and O–H groups in total. The van der Waals surface area contributed by atoms with Gasteiger partial charge in [-0.2, -0.15) is 0 Å². The number of hydrogen-bond donors (Lipinski definition) is 1. The Labute approximate surface area is 111 Å². The lowest BCUT2D eigenvalue weighted by molar-refractivity contribution is 0.0905. The first-order valence-corrected chi connectivity index (χ1v) is 6.50. The molecule has 1 aromatic heterocycles. The Hall–Kier alpha value is -1.48. The molecule has 1 heterocycles. The standard InChI is InChI=1S/C14H16ClNO2/c1-9(2)11(8-15)16-14(17)13-7-10-5-3-4-6-12(10)18-13/h3-7,9,11H,8H2,1-2H3,(H,16,17). The van der Waals surface area contributed by atoms with Gasteiger partial charge >= 0.3 is 0 Å². The smallest absolute Gasteiger partial charge is 0.287 e. The molecule has 96 valence electrons. The summed E-state index contributed by atoms with van der Waals surface area (Å²) in [5, 5.41) is 3.80. The minimum atomic E-state index is -0.217. The van der Waals surface area contributed by atoms with Gasteiger partial charge in [-0.15, -0.1) is 11.6 Å². The summed E-state index contributed by atoms with van der Waals surface area (Å²) in [6.45, 7) is 4.04. The molecule has 0 bridgehead atoms. The van der Waals surface area contributed by atoms with Crippen molar-refractivity contribution >= 4 is 28.5 Å². The number of hydrogen-bond acceptors (Lipinski definition) is 2. The topological polar surface area (TPSA) is 42.2 Å². The highest BCUT2D eigenvalue weighted by Crippen LogP contribution is 2.19. The summed E-state index contributed by atoms with van der Waals surface area (Å²) in [5.74, 6) is 0.789. The van der Waals surface area contributed by atoms with Crippen LogP contribution >= 0.6 is 11.6 Å². The van der Waals surface area contributed by atoms with Crippen molar-refractivity contribution < 1.29 is 9.21 Å². The van der Waals surface area contributed by atoms with Gasteiger partial charge in [0.05, 0.1) is 0 Å². The van der Waals surface area contributed by atoms with E-state index in [1.807, 2.05) is 38.1 Å². The number of nitrogens with one attached hydrogen (secondary N) is 1. The normalized spacial score (nSPS) is 12.9. The van der Waals surface area contributed by atoms with Crippen molar-refractivity contribution in [1.29, 1.82) is 0 Å². The van der Waals surface area contributed by atoms with Crippen molar-refractivity contribution in [2.24, 2.45) is 5.92 Å². The molecule has 18 heavy (non-hydrogen) atoms. The van der Waals surface area contributed by atoms with Crippen LogP contribution in [0.3, 0.4) is 0 Å². The lowest BCUT2D eigenvalue weighted by atomic mass is 10.1. The zero-order valence-corrected chi connectivity index (χ0v) is 11.2. The summed E-state index contributed by atoms with van der Waals surface area (Å²) in [7, 11) is 0. The number of benzene rings is 1. The number of halogens is 1. The summed E-state index contributed by atoms with van der Waals surface area (Å²) >= 11 is 5.83. The monoisotopic (exact) mass is 265 g/mol. The number of para-hydroxylation sites is 1. The second-order valence-electron chi connectivity index (χ2n) is 4.63. The molecule has 2 rings (SSSR count). The van der Waals surface area contributed by atoms with E-state index in [-0.39, 0.29) is 17.9 Å². The second-order valence-corrected chi connectivity index (χ2v) is 4.94. The third kappa shape index (κ3) is 2.67. The van der Waals surface area contributed by atoms with Crippen LogP contribution < -0.4 is 5.32 Å². The van der Waals surface area contributed by atoms with Crippen LogP contribution in [0.5, 0.6) is 0 Å². The van der Waals surface area contributed by atoms with Gasteiger partial charge in [0, 0.05) is 17.3 Å². The molecule has 1 aromatic carbocycles. The van der Waals surface area contributed by atoms with E-state index < -0.39 is 0 Å². The highest BCUT2D eigenvalue weighted by atomic mass is 35.5. The number of carbonyl (C=O) groups excluding carboxylic acids is 1. The molecule has 0 aliphatic carbocycles. The van der Waals surface area contributed by atoms with E-state index in [1.165, 1.54) is 0 Å². The molecule has 1 amide bonds. The molecule has 3 nitrogen and oxygen atoms in total. The van der Waals surface area contributed by atoms with Crippen LogP contribution in [0.25, 0.3) is 11.0 Å². The van der Waals surface area contributed by atoms with E-state index in [1.54, 1.807) is 6.07 Å². The van der Waals surface area contributed by atoms with Crippen LogP contribution in [0.15, 0.2) is 34.7 Å². The molecule has 0 spiro atoms. The van der Waals surface area contributed by atoms with Crippen LogP contribution in [-0.4, -0.2) is 17.8 Å². The Morgan fingerprint density at radius 3 is 2.72 bits per heavy atom. The SMILES string of the molecule is CC(C)C(CCl)NC(=O)c1cc2ccccc2o1. The van der Waals surface area contributed by atoms with E-state index in [4.69, 9.17) is 16.0 Å². The Morgan fingerprint density at radius 2 is 2.11 bits per heavy atom. The van der Waals surface area contributed by atoms with Crippen molar-refractivity contribution in [3.63, 3.8) is 0 Å². The van der Waals surface area contributed by atoms with E-state index >= 15 is 0 Å². The summed E-state index contributed by atoms with van der Waals surface area (Å²) in [5.41, 5.74) is 0.717. The highest BCUT2D eigenvalue weighted by Gasteiger charge is 2.18. The highest BCUT2D eigenvalue weighted by molar-refractivity contribution is 6.18. The van der Waals surface area contributed by atoms with Crippen molar-refractivity contribution in [2.75, 3.05) is 5.88 Å². The minimum Gasteiger partial charge on any atom is -0.451 e. The van der Waals surface area contributed by atoms with Crippen LogP contribution in [0.4, 0.5) is 0 Å². The molecule has 0 saturated carbocycles. The Balaban J connectivity index is 2.18. The van der Waals surface area contributed by atoms with E-state index in [9.17, 15) is 4.79 Å². The van der Waals surface area contributed by atoms with Gasteiger partial charge in [-0.05, 0) is 18.1 Å². The van der Waals surface area contributed by atoms with Crippen molar-refractivity contribution in [3.05, 3.63) is 36.1 Å². The first-order valence-electron chi connectivity index (χ1n) is 5.97. The molecule has 0 aliphatic heterocycles. The van der Waals surface area contributed by atoms with Crippen LogP contribution in [-0.2, 0) is 0 Å². The largest absolute Gasteiger partial charge is 0.451 e. The molecule has 4 heteroatoms. The fraction of sp³-hybridized carbons (Fsp3) is 0.357. The fourth-order valence-corrected chi connectivity index (χ4v) is 2.15. The second kappa shape index (κ2) is 5.44. The van der Waals surface area contributed by atoms with Gasteiger partial charge in [0.1, 0.15) is 5.58 Å². The van der Waals surface area contributed by atoms with Crippen molar-refractivity contribution in [2.45, 2.75) is 19.9 Å². The zero-order valence-electron chi connectivity index (χ0n) is 10.4. The number of carbonyl (C=O) groups is 1. The summed E-state index contributed by atoms with van der Waals surface area (Å²) in [6.07, 6.45) is 0. The van der Waals surface area contributed by atoms with Crippen molar-refractivity contribution in [3.8, 4) is 0 Å². The average molecular weight is 266 g/mol. The molecule has 0 fully saturated rings. The van der Waals surface area contributed by atoms with Gasteiger partial charge in [-0.25, -0.2) is 0 Å². The Bertz CT molecular complexity index is 514. The molecule has 0 saturated heterocycles. The third-order valence-corrected chi connectivity index (χ3v) is 3.27. The molecule has 2 aromatic rings. The minimum absolute atomic E-state index is 0.0487. The number of fused-ring (bicyclic) bond motifs is 1. The third-order valence-electron chi connectivity index (χ3n) is 2.94. The fourth-order valence-electron chi connectivity index (χ4n) is 1.72. The molecule has 0 radical (unpaired) electrons. The van der Waals surface area contributed by atoms with Gasteiger partial charge in [0.25, 0.3) is 5.91 Å². The average Bonchev–Trinajstić information content (AvgIpc) is 2.79. The molecular formula is C14H16ClNO2. The lowest BCUT2D eigenvalue weighted by Gasteiger charge is -2.18. The van der Waals surface area contributed by atoms with E-state index in [0.717, 1.165) is 11.0 Å². The van der Waals surface area contributed by atoms with Gasteiger partial charge in [-0.3, -0.25) is 4.79 Å². The first kappa shape index (κ1) is 13.0. The Morgan fingerprint density at radius 1 is 1.39 bits per heavy atom. The number of amides is 1.